The number of hydrogen-bond donors (Lipinski definition) is 1. The summed E-state index contributed by atoms with van der Waals surface area (Å²) in [6.07, 6.45) is 0.810. The fraction of sp³-hybridized carbons (Fsp3) is 0.478. The Labute approximate surface area is 187 Å². The molecule has 0 saturated carbocycles. The van der Waals surface area contributed by atoms with Crippen LogP contribution in [-0.4, -0.2) is 53.4 Å². The molecule has 2 heterocycles. The van der Waals surface area contributed by atoms with Gasteiger partial charge in [-0.1, -0.05) is 26.0 Å². The number of methoxy groups -OCH3 is 1. The summed E-state index contributed by atoms with van der Waals surface area (Å²) < 4.78 is 11.9. The lowest BCUT2D eigenvalue weighted by molar-refractivity contribution is -0.126. The van der Waals surface area contributed by atoms with Gasteiger partial charge in [0.15, 0.2) is 5.69 Å². The highest BCUT2D eigenvalue weighted by molar-refractivity contribution is 6.13. The summed E-state index contributed by atoms with van der Waals surface area (Å²) in [5, 5.41) is 7.22. The molecule has 9 heteroatoms. The second-order valence-corrected chi connectivity index (χ2v) is 8.32. The largest absolute Gasteiger partial charge is 0.495 e. The third-order valence-corrected chi connectivity index (χ3v) is 5.46. The molecule has 0 spiro atoms. The van der Waals surface area contributed by atoms with Gasteiger partial charge in [-0.25, -0.2) is 4.79 Å². The lowest BCUT2D eigenvalue weighted by Gasteiger charge is -2.43. The van der Waals surface area contributed by atoms with Crippen LogP contribution in [0.2, 0.25) is 0 Å². The van der Waals surface area contributed by atoms with E-state index in [4.69, 9.17) is 9.47 Å². The first-order valence-electron chi connectivity index (χ1n) is 10.7. The van der Waals surface area contributed by atoms with Gasteiger partial charge >= 0.3 is 5.97 Å². The monoisotopic (exact) mass is 442 g/mol. The van der Waals surface area contributed by atoms with Gasteiger partial charge in [0.25, 0.3) is 5.91 Å². The van der Waals surface area contributed by atoms with Crippen LogP contribution in [0.15, 0.2) is 30.3 Å². The van der Waals surface area contributed by atoms with E-state index >= 15 is 0 Å². The van der Waals surface area contributed by atoms with Gasteiger partial charge < -0.3 is 14.8 Å². The molecular formula is C23H30N4O5. The molecule has 172 valence electrons. The summed E-state index contributed by atoms with van der Waals surface area (Å²) in [7, 11) is 1.51. The van der Waals surface area contributed by atoms with Crippen molar-refractivity contribution in [2.45, 2.75) is 46.2 Å². The minimum Gasteiger partial charge on any atom is -0.495 e. The minimum atomic E-state index is -1.30. The highest BCUT2D eigenvalue weighted by atomic mass is 16.5. The van der Waals surface area contributed by atoms with Gasteiger partial charge in [-0.2, -0.15) is 5.10 Å². The minimum absolute atomic E-state index is 0.0274. The van der Waals surface area contributed by atoms with Crippen LogP contribution in [0.3, 0.4) is 0 Å². The van der Waals surface area contributed by atoms with Crippen molar-refractivity contribution in [1.82, 2.24) is 15.1 Å². The number of carbonyl (C=O) groups is 3. The lowest BCUT2D eigenvalue weighted by Crippen LogP contribution is -2.64. The Morgan fingerprint density at radius 1 is 1.28 bits per heavy atom. The number of fused-ring (bicyclic) bond motifs is 1. The Bertz CT molecular complexity index is 1020. The second kappa shape index (κ2) is 9.42. The zero-order chi connectivity index (χ0) is 23.5. The zero-order valence-electron chi connectivity index (χ0n) is 19.2. The van der Waals surface area contributed by atoms with Crippen molar-refractivity contribution in [3.8, 4) is 5.75 Å². The van der Waals surface area contributed by atoms with Crippen LogP contribution in [0.4, 0.5) is 5.69 Å². The van der Waals surface area contributed by atoms with Gasteiger partial charge in [-0.05, 0) is 38.3 Å². The van der Waals surface area contributed by atoms with E-state index in [-0.39, 0.29) is 30.4 Å². The summed E-state index contributed by atoms with van der Waals surface area (Å²) in [6, 6.07) is 8.43. The van der Waals surface area contributed by atoms with Crippen LogP contribution in [0, 0.1) is 5.92 Å². The van der Waals surface area contributed by atoms with Crippen LogP contribution in [0.5, 0.6) is 5.75 Å². The molecule has 2 aromatic rings. The molecule has 0 fully saturated rings. The van der Waals surface area contributed by atoms with Crippen molar-refractivity contribution in [2.75, 3.05) is 25.2 Å². The summed E-state index contributed by atoms with van der Waals surface area (Å²) in [6.45, 7) is 8.29. The van der Waals surface area contributed by atoms with Crippen molar-refractivity contribution < 1.29 is 23.9 Å². The standard InChI is InChI=1S/C23H30N4O5/c1-6-32-21(29)16-13-18-20(28)27(17-9-7-8-10-19(17)31-5)23(4,14-26(18)25-16)22(30)24-12-11-15(2)3/h7-10,13,15H,6,11-12,14H2,1-5H3,(H,24,30)/t23-/m0/s1. The smallest absolute Gasteiger partial charge is 0.358 e. The molecule has 0 unspecified atom stereocenters. The molecule has 0 radical (unpaired) electrons. The molecule has 1 aromatic heterocycles. The summed E-state index contributed by atoms with van der Waals surface area (Å²) in [4.78, 5) is 40.7. The molecule has 1 atom stereocenters. The maximum absolute atomic E-state index is 13.7. The Hall–Kier alpha value is -3.36. The molecule has 0 aliphatic carbocycles. The number of nitrogens with one attached hydrogen (secondary N) is 1. The molecule has 9 nitrogen and oxygen atoms in total. The molecule has 1 aliphatic heterocycles. The molecular weight excluding hydrogens is 412 g/mol. The molecule has 1 aliphatic rings. The second-order valence-electron chi connectivity index (χ2n) is 8.32. The number of benzene rings is 1. The molecule has 32 heavy (non-hydrogen) atoms. The average molecular weight is 443 g/mol. The fourth-order valence-electron chi connectivity index (χ4n) is 3.74. The highest BCUT2D eigenvalue weighted by Crippen LogP contribution is 2.38. The van der Waals surface area contributed by atoms with E-state index in [0.29, 0.717) is 23.9 Å². The number of esters is 1. The number of para-hydroxylation sites is 2. The number of carbonyl (C=O) groups excluding carboxylic acids is 3. The van der Waals surface area contributed by atoms with Gasteiger partial charge in [-0.3, -0.25) is 19.2 Å². The number of rotatable bonds is 8. The van der Waals surface area contributed by atoms with E-state index in [1.807, 2.05) is 0 Å². The van der Waals surface area contributed by atoms with Crippen molar-refractivity contribution >= 4 is 23.5 Å². The number of hydrogen-bond acceptors (Lipinski definition) is 6. The third-order valence-electron chi connectivity index (χ3n) is 5.46. The molecule has 2 amide bonds. The van der Waals surface area contributed by atoms with Gasteiger partial charge in [0, 0.05) is 12.6 Å². The van der Waals surface area contributed by atoms with Gasteiger partial charge in [0.05, 0.1) is 25.9 Å². The maximum Gasteiger partial charge on any atom is 0.358 e. The number of ether oxygens (including phenoxy) is 2. The van der Waals surface area contributed by atoms with E-state index in [0.717, 1.165) is 6.42 Å². The topological polar surface area (TPSA) is 103 Å². The Balaban J connectivity index is 2.07. The first-order chi connectivity index (χ1) is 15.2. The van der Waals surface area contributed by atoms with Crippen LogP contribution in [0.1, 0.15) is 55.1 Å². The first-order valence-corrected chi connectivity index (χ1v) is 10.7. The SMILES string of the molecule is CCOC(=O)c1cc2n(n1)C[C@@](C)(C(=O)NCCC(C)C)N(c1ccccc1OC)C2=O. The lowest BCUT2D eigenvalue weighted by atomic mass is 9.93. The van der Waals surface area contributed by atoms with E-state index in [9.17, 15) is 14.4 Å². The number of nitrogens with zero attached hydrogens (tertiary/aromatic N) is 3. The predicted octanol–water partition coefficient (Wildman–Crippen LogP) is 2.65. The first kappa shape index (κ1) is 23.3. The quantitative estimate of drug-likeness (QED) is 0.631. The Morgan fingerprint density at radius 2 is 2.00 bits per heavy atom. The summed E-state index contributed by atoms with van der Waals surface area (Å²) in [5.41, 5.74) is -0.606. The summed E-state index contributed by atoms with van der Waals surface area (Å²) in [5.74, 6) is -0.498. The van der Waals surface area contributed by atoms with Crippen LogP contribution in [0.25, 0.3) is 0 Å². The van der Waals surface area contributed by atoms with Crippen molar-refractivity contribution in [3.05, 3.63) is 41.7 Å². The number of aromatic nitrogens is 2. The van der Waals surface area contributed by atoms with Crippen LogP contribution < -0.4 is 15.0 Å². The molecule has 0 saturated heterocycles. The maximum atomic E-state index is 13.7. The van der Waals surface area contributed by atoms with E-state index in [1.54, 1.807) is 38.1 Å². The van der Waals surface area contributed by atoms with Gasteiger partial charge in [0.2, 0.25) is 5.91 Å². The van der Waals surface area contributed by atoms with E-state index < -0.39 is 17.4 Å². The normalized spacial score (nSPS) is 17.8. The van der Waals surface area contributed by atoms with Crippen molar-refractivity contribution in [2.24, 2.45) is 5.92 Å². The Kier molecular flexibility index (Phi) is 6.86. The van der Waals surface area contributed by atoms with Crippen molar-refractivity contribution in [1.29, 1.82) is 0 Å². The van der Waals surface area contributed by atoms with Crippen LogP contribution in [-0.2, 0) is 16.1 Å². The third kappa shape index (κ3) is 4.32. The summed E-state index contributed by atoms with van der Waals surface area (Å²) >= 11 is 0. The van der Waals surface area contributed by atoms with Gasteiger partial charge in [-0.15, -0.1) is 0 Å². The van der Waals surface area contributed by atoms with E-state index in [2.05, 4.69) is 24.3 Å². The van der Waals surface area contributed by atoms with E-state index in [1.165, 1.54) is 22.8 Å². The molecule has 0 bridgehead atoms. The Morgan fingerprint density at radius 3 is 2.66 bits per heavy atom. The molecule has 1 aromatic carbocycles. The predicted molar refractivity (Wildman–Crippen MR) is 119 cm³/mol. The fourth-order valence-corrected chi connectivity index (χ4v) is 3.74. The van der Waals surface area contributed by atoms with Crippen molar-refractivity contribution in [3.63, 3.8) is 0 Å². The van der Waals surface area contributed by atoms with Gasteiger partial charge in [0.1, 0.15) is 17.0 Å². The highest BCUT2D eigenvalue weighted by Gasteiger charge is 2.49. The molecule has 3 rings (SSSR count). The average Bonchev–Trinajstić information content (AvgIpc) is 3.18. The van der Waals surface area contributed by atoms with Crippen LogP contribution >= 0.6 is 0 Å². The number of anilines is 1. The molecule has 1 N–H and O–H groups in total. The zero-order valence-corrected chi connectivity index (χ0v) is 19.2. The number of amides is 2.